The Hall–Kier alpha value is -1.82. The Kier molecular flexibility index (Phi) is 6.27. The van der Waals surface area contributed by atoms with E-state index in [1.807, 2.05) is 20.8 Å². The van der Waals surface area contributed by atoms with Gasteiger partial charge < -0.3 is 15.4 Å². The molecule has 5 nitrogen and oxygen atoms in total. The molecule has 1 aromatic carbocycles. The Bertz CT molecular complexity index is 642. The molecule has 0 heterocycles. The van der Waals surface area contributed by atoms with Crippen LogP contribution in [0.3, 0.4) is 0 Å². The molecular weight excluding hydrogens is 347 g/mol. The lowest BCUT2D eigenvalue weighted by Gasteiger charge is -2.23. The summed E-state index contributed by atoms with van der Waals surface area (Å²) in [6, 6.07) is 4.60. The smallest absolute Gasteiger partial charge is 0.408 e. The molecule has 1 atom stereocenters. The minimum atomic E-state index is -0.892. The molecule has 2 N–H and O–H groups in total. The number of hydrogen-bond acceptors (Lipinski definition) is 3. The molecule has 1 saturated carbocycles. The Morgan fingerprint density at radius 3 is 2.64 bits per heavy atom. The quantitative estimate of drug-likeness (QED) is 0.800. The van der Waals surface area contributed by atoms with Crippen LogP contribution in [0.4, 0.5) is 9.18 Å². The van der Waals surface area contributed by atoms with Gasteiger partial charge in [-0.05, 0) is 39.2 Å². The van der Waals surface area contributed by atoms with Crippen LogP contribution in [0.1, 0.15) is 45.6 Å². The summed E-state index contributed by atoms with van der Waals surface area (Å²) in [4.78, 5) is 24.4. The summed E-state index contributed by atoms with van der Waals surface area (Å²) < 4.78 is 19.2. The number of rotatable bonds is 6. The van der Waals surface area contributed by atoms with Crippen LogP contribution < -0.4 is 10.6 Å². The zero-order valence-electron chi connectivity index (χ0n) is 14.7. The van der Waals surface area contributed by atoms with Crippen LogP contribution in [0.5, 0.6) is 0 Å². The molecule has 0 radical (unpaired) electrons. The van der Waals surface area contributed by atoms with Gasteiger partial charge in [0, 0.05) is 17.6 Å². The van der Waals surface area contributed by atoms with Gasteiger partial charge in [0.15, 0.2) is 6.10 Å². The number of hydrogen-bond donors (Lipinski definition) is 2. The predicted molar refractivity (Wildman–Crippen MR) is 93.8 cm³/mol. The Morgan fingerprint density at radius 1 is 1.36 bits per heavy atom. The van der Waals surface area contributed by atoms with E-state index in [2.05, 4.69) is 10.6 Å². The number of halogens is 2. The number of carbonyl (C=O) groups is 2. The van der Waals surface area contributed by atoms with Crippen LogP contribution in [0.15, 0.2) is 18.2 Å². The molecule has 7 heteroatoms. The second kappa shape index (κ2) is 8.04. The van der Waals surface area contributed by atoms with Crippen LogP contribution in [0, 0.1) is 11.7 Å². The molecule has 0 saturated heterocycles. The highest BCUT2D eigenvalue weighted by molar-refractivity contribution is 6.30. The average molecular weight is 371 g/mol. The van der Waals surface area contributed by atoms with Crippen molar-refractivity contribution in [2.24, 2.45) is 5.92 Å². The molecule has 25 heavy (non-hydrogen) atoms. The zero-order valence-corrected chi connectivity index (χ0v) is 15.5. The van der Waals surface area contributed by atoms with Crippen LogP contribution in [0.2, 0.25) is 5.02 Å². The van der Waals surface area contributed by atoms with Crippen LogP contribution in [-0.4, -0.2) is 23.6 Å². The molecule has 1 aromatic rings. The Labute approximate surface area is 152 Å². The van der Waals surface area contributed by atoms with Crippen molar-refractivity contribution in [3.05, 3.63) is 34.6 Å². The van der Waals surface area contributed by atoms with E-state index >= 15 is 0 Å². The average Bonchev–Trinajstić information content (AvgIpc) is 3.30. The third-order valence-corrected chi connectivity index (χ3v) is 4.04. The molecule has 0 spiro atoms. The molecule has 2 rings (SSSR count). The third-order valence-electron chi connectivity index (χ3n) is 3.75. The van der Waals surface area contributed by atoms with Crippen LogP contribution in [-0.2, 0) is 16.1 Å². The van der Waals surface area contributed by atoms with E-state index in [1.54, 1.807) is 12.1 Å². The van der Waals surface area contributed by atoms with Gasteiger partial charge in [0.2, 0.25) is 0 Å². The SMILES string of the molecule is CC(C)(C)NC(=O)O[C@@H](CC1CC1)C(=O)NCc1cccc(Cl)c1F. The maximum Gasteiger partial charge on any atom is 0.408 e. The first kappa shape index (κ1) is 19.5. The van der Waals surface area contributed by atoms with E-state index in [0.29, 0.717) is 12.3 Å². The highest BCUT2D eigenvalue weighted by atomic mass is 35.5. The minimum absolute atomic E-state index is 0.00193. The van der Waals surface area contributed by atoms with Crippen molar-refractivity contribution in [1.29, 1.82) is 0 Å². The number of alkyl carbamates (subject to hydrolysis) is 1. The van der Waals surface area contributed by atoms with E-state index < -0.39 is 29.5 Å². The normalized spacial score (nSPS) is 15.4. The van der Waals surface area contributed by atoms with Crippen molar-refractivity contribution < 1.29 is 18.7 Å². The fraction of sp³-hybridized carbons (Fsp3) is 0.556. The van der Waals surface area contributed by atoms with Gasteiger partial charge in [0.25, 0.3) is 5.91 Å². The monoisotopic (exact) mass is 370 g/mol. The van der Waals surface area contributed by atoms with Gasteiger partial charge in [-0.15, -0.1) is 0 Å². The highest BCUT2D eigenvalue weighted by Gasteiger charge is 2.32. The van der Waals surface area contributed by atoms with Gasteiger partial charge in [-0.25, -0.2) is 9.18 Å². The van der Waals surface area contributed by atoms with Gasteiger partial charge in [0.1, 0.15) is 5.82 Å². The summed E-state index contributed by atoms with van der Waals surface area (Å²) >= 11 is 5.73. The molecule has 1 aliphatic rings. The summed E-state index contributed by atoms with van der Waals surface area (Å²) in [6.07, 6.45) is 0.995. The molecule has 2 amide bonds. The van der Waals surface area contributed by atoms with Gasteiger partial charge in [-0.2, -0.15) is 0 Å². The van der Waals surface area contributed by atoms with Gasteiger partial charge >= 0.3 is 6.09 Å². The third kappa shape index (κ3) is 6.53. The standard InChI is InChI=1S/C18H24ClFN2O3/c1-18(2,3)22-17(24)25-14(9-11-7-8-11)16(23)21-10-12-5-4-6-13(19)15(12)20/h4-6,11,14H,7-10H2,1-3H3,(H,21,23)(H,22,24)/t14-/m0/s1. The Morgan fingerprint density at radius 2 is 2.04 bits per heavy atom. The second-order valence-electron chi connectivity index (χ2n) is 7.38. The van der Waals surface area contributed by atoms with E-state index in [0.717, 1.165) is 12.8 Å². The largest absolute Gasteiger partial charge is 0.436 e. The number of benzene rings is 1. The van der Waals surface area contributed by atoms with Crippen LogP contribution >= 0.6 is 11.6 Å². The van der Waals surface area contributed by atoms with Gasteiger partial charge in [0.05, 0.1) is 5.02 Å². The molecule has 1 fully saturated rings. The first-order valence-corrected chi connectivity index (χ1v) is 8.73. The summed E-state index contributed by atoms with van der Waals surface area (Å²) in [6.45, 7) is 5.46. The maximum absolute atomic E-state index is 13.9. The van der Waals surface area contributed by atoms with E-state index in [1.165, 1.54) is 6.07 Å². The second-order valence-corrected chi connectivity index (χ2v) is 7.79. The molecule has 0 unspecified atom stereocenters. The molecule has 0 aliphatic heterocycles. The van der Waals surface area contributed by atoms with E-state index in [4.69, 9.17) is 16.3 Å². The fourth-order valence-corrected chi connectivity index (χ4v) is 2.51. The minimum Gasteiger partial charge on any atom is -0.436 e. The lowest BCUT2D eigenvalue weighted by molar-refractivity contribution is -0.130. The number of nitrogens with one attached hydrogen (secondary N) is 2. The lowest BCUT2D eigenvalue weighted by Crippen LogP contribution is -2.45. The summed E-state index contributed by atoms with van der Waals surface area (Å²) in [5.41, 5.74) is -0.174. The summed E-state index contributed by atoms with van der Waals surface area (Å²) in [5, 5.41) is 5.30. The first-order valence-electron chi connectivity index (χ1n) is 8.35. The number of carbonyl (C=O) groups excluding carboxylic acids is 2. The van der Waals surface area contributed by atoms with Crippen molar-refractivity contribution in [3.8, 4) is 0 Å². The lowest BCUT2D eigenvalue weighted by atomic mass is 10.1. The van der Waals surface area contributed by atoms with Crippen molar-refractivity contribution in [2.45, 2.75) is 58.2 Å². The maximum atomic E-state index is 13.9. The topological polar surface area (TPSA) is 67.4 Å². The van der Waals surface area contributed by atoms with E-state index in [9.17, 15) is 14.0 Å². The zero-order chi connectivity index (χ0) is 18.6. The van der Waals surface area contributed by atoms with Gasteiger partial charge in [-0.1, -0.05) is 36.6 Å². The molecular formula is C18H24ClFN2O3. The predicted octanol–water partition coefficient (Wildman–Crippen LogP) is 3.79. The van der Waals surface area contributed by atoms with Crippen molar-refractivity contribution in [3.63, 3.8) is 0 Å². The Balaban J connectivity index is 1.95. The molecule has 138 valence electrons. The number of amides is 2. The van der Waals surface area contributed by atoms with Crippen LogP contribution in [0.25, 0.3) is 0 Å². The van der Waals surface area contributed by atoms with Gasteiger partial charge in [-0.3, -0.25) is 4.79 Å². The molecule has 0 aromatic heterocycles. The fourth-order valence-electron chi connectivity index (χ4n) is 2.31. The van der Waals surface area contributed by atoms with Crippen molar-refractivity contribution in [1.82, 2.24) is 10.6 Å². The molecule has 0 bridgehead atoms. The number of ether oxygens (including phenoxy) is 1. The summed E-state index contributed by atoms with van der Waals surface area (Å²) in [5.74, 6) is -0.606. The van der Waals surface area contributed by atoms with E-state index in [-0.39, 0.29) is 17.1 Å². The van der Waals surface area contributed by atoms with Crippen molar-refractivity contribution in [2.75, 3.05) is 0 Å². The first-order chi connectivity index (χ1) is 11.7. The highest BCUT2D eigenvalue weighted by Crippen LogP contribution is 2.34. The molecule has 1 aliphatic carbocycles. The van der Waals surface area contributed by atoms with Crippen molar-refractivity contribution >= 4 is 23.6 Å². The summed E-state index contributed by atoms with van der Waals surface area (Å²) in [7, 11) is 0.